The number of carbonyl (C=O) groups excluding carboxylic acids is 1. The molecule has 114 valence electrons. The van der Waals surface area contributed by atoms with Gasteiger partial charge >= 0.3 is 5.97 Å². The normalized spacial score (nSPS) is 18.8. The largest absolute Gasteiger partial charge is 0.481 e. The SMILES string of the molecule is CN(C)Cc1ccc(C(=O)N2CCCC(C(=O)O)C2)cc1. The summed E-state index contributed by atoms with van der Waals surface area (Å²) in [5, 5.41) is 9.09. The first-order chi connectivity index (χ1) is 9.97. The first-order valence-corrected chi connectivity index (χ1v) is 7.23. The van der Waals surface area contributed by atoms with Crippen LogP contribution in [-0.4, -0.2) is 54.0 Å². The van der Waals surface area contributed by atoms with E-state index in [4.69, 9.17) is 5.11 Å². The zero-order valence-electron chi connectivity index (χ0n) is 12.6. The third-order valence-electron chi connectivity index (χ3n) is 3.76. The van der Waals surface area contributed by atoms with E-state index in [0.717, 1.165) is 18.5 Å². The van der Waals surface area contributed by atoms with Gasteiger partial charge in [0, 0.05) is 25.2 Å². The number of rotatable bonds is 4. The van der Waals surface area contributed by atoms with E-state index >= 15 is 0 Å². The molecule has 0 bridgehead atoms. The lowest BCUT2D eigenvalue weighted by Gasteiger charge is -2.30. The number of carboxylic acids is 1. The smallest absolute Gasteiger partial charge is 0.308 e. The summed E-state index contributed by atoms with van der Waals surface area (Å²) in [7, 11) is 4.00. The number of benzene rings is 1. The molecule has 1 saturated heterocycles. The van der Waals surface area contributed by atoms with Gasteiger partial charge in [-0.3, -0.25) is 9.59 Å². The lowest BCUT2D eigenvalue weighted by atomic mass is 9.97. The molecule has 1 N–H and O–H groups in total. The number of piperidine rings is 1. The van der Waals surface area contributed by atoms with Gasteiger partial charge < -0.3 is 14.9 Å². The molecule has 1 aliphatic heterocycles. The monoisotopic (exact) mass is 290 g/mol. The number of hydrogen-bond donors (Lipinski definition) is 1. The molecule has 0 aliphatic carbocycles. The van der Waals surface area contributed by atoms with Crippen molar-refractivity contribution in [1.29, 1.82) is 0 Å². The molecule has 1 heterocycles. The van der Waals surface area contributed by atoms with Crippen LogP contribution in [0.15, 0.2) is 24.3 Å². The second-order valence-electron chi connectivity index (χ2n) is 5.86. The molecule has 0 saturated carbocycles. The Hall–Kier alpha value is -1.88. The fourth-order valence-corrected chi connectivity index (χ4v) is 2.66. The van der Waals surface area contributed by atoms with Gasteiger partial charge in [0.2, 0.25) is 0 Å². The van der Waals surface area contributed by atoms with Gasteiger partial charge in [-0.05, 0) is 44.6 Å². The third-order valence-corrected chi connectivity index (χ3v) is 3.76. The lowest BCUT2D eigenvalue weighted by Crippen LogP contribution is -2.42. The van der Waals surface area contributed by atoms with E-state index in [0.29, 0.717) is 25.1 Å². The van der Waals surface area contributed by atoms with Crippen molar-refractivity contribution in [1.82, 2.24) is 9.80 Å². The summed E-state index contributed by atoms with van der Waals surface area (Å²) in [5.41, 5.74) is 1.78. The highest BCUT2D eigenvalue weighted by Crippen LogP contribution is 2.19. The summed E-state index contributed by atoms with van der Waals surface area (Å²) < 4.78 is 0. The van der Waals surface area contributed by atoms with Crippen LogP contribution in [0.25, 0.3) is 0 Å². The first-order valence-electron chi connectivity index (χ1n) is 7.23. The van der Waals surface area contributed by atoms with Crippen molar-refractivity contribution in [2.45, 2.75) is 19.4 Å². The quantitative estimate of drug-likeness (QED) is 0.916. The Kier molecular flexibility index (Phi) is 4.96. The number of amides is 1. The van der Waals surface area contributed by atoms with Gasteiger partial charge in [-0.15, -0.1) is 0 Å². The molecule has 1 fully saturated rings. The predicted molar refractivity (Wildman–Crippen MR) is 80.1 cm³/mol. The predicted octanol–water partition coefficient (Wildman–Crippen LogP) is 1.68. The van der Waals surface area contributed by atoms with Crippen molar-refractivity contribution < 1.29 is 14.7 Å². The molecule has 21 heavy (non-hydrogen) atoms. The van der Waals surface area contributed by atoms with E-state index in [-0.39, 0.29) is 5.91 Å². The number of aliphatic carboxylic acids is 1. The van der Waals surface area contributed by atoms with Crippen molar-refractivity contribution in [2.24, 2.45) is 5.92 Å². The van der Waals surface area contributed by atoms with E-state index in [1.807, 2.05) is 38.4 Å². The second kappa shape index (κ2) is 6.72. The van der Waals surface area contributed by atoms with E-state index in [2.05, 4.69) is 4.90 Å². The van der Waals surface area contributed by atoms with Crippen LogP contribution < -0.4 is 0 Å². The summed E-state index contributed by atoms with van der Waals surface area (Å²) in [6.45, 7) is 1.79. The molecule has 0 spiro atoms. The Morgan fingerprint density at radius 3 is 2.52 bits per heavy atom. The minimum Gasteiger partial charge on any atom is -0.481 e. The summed E-state index contributed by atoms with van der Waals surface area (Å²) in [4.78, 5) is 27.2. The standard InChI is InChI=1S/C16H22N2O3/c1-17(2)10-12-5-7-13(8-6-12)15(19)18-9-3-4-14(11-18)16(20)21/h5-8,14H,3-4,9-11H2,1-2H3,(H,20,21). The zero-order chi connectivity index (χ0) is 15.4. The maximum atomic E-state index is 12.4. The van der Waals surface area contributed by atoms with Crippen LogP contribution in [0, 0.1) is 5.92 Å². The van der Waals surface area contributed by atoms with Gasteiger partial charge in [-0.25, -0.2) is 0 Å². The van der Waals surface area contributed by atoms with Gasteiger partial charge in [0.25, 0.3) is 5.91 Å². The second-order valence-corrected chi connectivity index (χ2v) is 5.86. The van der Waals surface area contributed by atoms with Gasteiger partial charge in [0.15, 0.2) is 0 Å². The molecule has 1 unspecified atom stereocenters. The van der Waals surface area contributed by atoms with E-state index in [1.54, 1.807) is 4.90 Å². The van der Waals surface area contributed by atoms with Crippen LogP contribution in [-0.2, 0) is 11.3 Å². The van der Waals surface area contributed by atoms with E-state index in [1.165, 1.54) is 0 Å². The first kappa shape index (κ1) is 15.5. The molecule has 5 heteroatoms. The molecule has 5 nitrogen and oxygen atoms in total. The highest BCUT2D eigenvalue weighted by atomic mass is 16.4. The van der Waals surface area contributed by atoms with Crippen LogP contribution in [0.5, 0.6) is 0 Å². The molecule has 2 rings (SSSR count). The molecule has 0 radical (unpaired) electrons. The van der Waals surface area contributed by atoms with Crippen LogP contribution in [0.2, 0.25) is 0 Å². The van der Waals surface area contributed by atoms with Gasteiger partial charge in [0.1, 0.15) is 0 Å². The fourth-order valence-electron chi connectivity index (χ4n) is 2.66. The number of carbonyl (C=O) groups is 2. The van der Waals surface area contributed by atoms with E-state index in [9.17, 15) is 9.59 Å². The number of likely N-dealkylation sites (tertiary alicyclic amines) is 1. The Morgan fingerprint density at radius 1 is 1.29 bits per heavy atom. The maximum Gasteiger partial charge on any atom is 0.308 e. The van der Waals surface area contributed by atoms with Gasteiger partial charge in [-0.1, -0.05) is 12.1 Å². The van der Waals surface area contributed by atoms with Crippen LogP contribution in [0.4, 0.5) is 0 Å². The van der Waals surface area contributed by atoms with Crippen molar-refractivity contribution in [2.75, 3.05) is 27.2 Å². The number of hydrogen-bond acceptors (Lipinski definition) is 3. The third kappa shape index (κ3) is 4.04. The van der Waals surface area contributed by atoms with Gasteiger partial charge in [0.05, 0.1) is 5.92 Å². The molecule has 1 amide bonds. The van der Waals surface area contributed by atoms with Crippen LogP contribution in [0.1, 0.15) is 28.8 Å². The average molecular weight is 290 g/mol. The molecular formula is C16H22N2O3. The maximum absolute atomic E-state index is 12.4. The van der Waals surface area contributed by atoms with Crippen molar-refractivity contribution in [3.63, 3.8) is 0 Å². The molecule has 0 aromatic heterocycles. The summed E-state index contributed by atoms with van der Waals surface area (Å²) in [6.07, 6.45) is 1.41. The molecule has 1 aromatic carbocycles. The van der Waals surface area contributed by atoms with E-state index < -0.39 is 11.9 Å². The van der Waals surface area contributed by atoms with Crippen molar-refractivity contribution >= 4 is 11.9 Å². The Bertz CT molecular complexity index is 511. The zero-order valence-corrected chi connectivity index (χ0v) is 12.6. The average Bonchev–Trinajstić information content (AvgIpc) is 2.47. The number of carboxylic acid groups (broad SMARTS) is 1. The molecule has 1 aromatic rings. The van der Waals surface area contributed by atoms with Crippen molar-refractivity contribution in [3.8, 4) is 0 Å². The Morgan fingerprint density at radius 2 is 1.95 bits per heavy atom. The fraction of sp³-hybridized carbons (Fsp3) is 0.500. The number of nitrogens with zero attached hydrogens (tertiary/aromatic N) is 2. The highest BCUT2D eigenvalue weighted by molar-refractivity contribution is 5.94. The molecule has 1 aliphatic rings. The highest BCUT2D eigenvalue weighted by Gasteiger charge is 2.28. The Labute approximate surface area is 125 Å². The van der Waals surface area contributed by atoms with Crippen molar-refractivity contribution in [3.05, 3.63) is 35.4 Å². The topological polar surface area (TPSA) is 60.9 Å². The summed E-state index contributed by atoms with van der Waals surface area (Å²) >= 11 is 0. The molecule has 1 atom stereocenters. The van der Waals surface area contributed by atoms with Crippen LogP contribution >= 0.6 is 0 Å². The summed E-state index contributed by atoms with van der Waals surface area (Å²) in [6, 6.07) is 7.55. The van der Waals surface area contributed by atoms with Crippen LogP contribution in [0.3, 0.4) is 0 Å². The summed E-state index contributed by atoms with van der Waals surface area (Å²) in [5.74, 6) is -1.32. The minimum atomic E-state index is -0.811. The minimum absolute atomic E-state index is 0.0719. The molecular weight excluding hydrogens is 268 g/mol. The Balaban J connectivity index is 2.03. The van der Waals surface area contributed by atoms with Gasteiger partial charge in [-0.2, -0.15) is 0 Å². The lowest BCUT2D eigenvalue weighted by molar-refractivity contribution is -0.143.